The van der Waals surface area contributed by atoms with Crippen molar-refractivity contribution in [2.45, 2.75) is 73.3 Å². The van der Waals surface area contributed by atoms with Crippen LogP contribution in [0.5, 0.6) is 11.5 Å². The lowest BCUT2D eigenvalue weighted by atomic mass is 9.85. The van der Waals surface area contributed by atoms with E-state index >= 15 is 0 Å². The molecule has 0 bridgehead atoms. The van der Waals surface area contributed by atoms with Gasteiger partial charge in [-0.3, -0.25) is 4.79 Å². The number of fused-ring (bicyclic) bond motifs is 2. The minimum atomic E-state index is -0.452. The molecule has 0 fully saturated rings. The summed E-state index contributed by atoms with van der Waals surface area (Å²) in [4.78, 5) is 21.5. The number of nitrogens with one attached hydrogen (secondary N) is 1. The van der Waals surface area contributed by atoms with Gasteiger partial charge in [-0.05, 0) is 94.8 Å². The molecule has 3 heterocycles. The van der Waals surface area contributed by atoms with E-state index in [-0.39, 0.29) is 5.97 Å². The third-order valence-electron chi connectivity index (χ3n) is 6.62. The number of carbonyl (C=O) groups is 1. The Balaban J connectivity index is 1.54. The van der Waals surface area contributed by atoms with Crippen LogP contribution in [0.25, 0.3) is 11.0 Å². The smallest absolute Gasteiger partial charge is 0.308 e. The molecule has 3 aromatic rings. The highest BCUT2D eigenvalue weighted by atomic mass is 32.1. The monoisotopic (exact) mass is 477 g/mol. The van der Waals surface area contributed by atoms with Crippen LogP contribution in [0, 0.1) is 34.6 Å². The van der Waals surface area contributed by atoms with Crippen LogP contribution in [-0.2, 0) is 11.2 Å². The maximum atomic E-state index is 11.6. The molecule has 6 nitrogen and oxygen atoms in total. The van der Waals surface area contributed by atoms with E-state index in [4.69, 9.17) is 21.7 Å². The molecule has 0 spiro atoms. The van der Waals surface area contributed by atoms with Gasteiger partial charge in [-0.2, -0.15) is 0 Å². The minimum Gasteiger partial charge on any atom is -0.487 e. The van der Waals surface area contributed by atoms with Crippen molar-refractivity contribution < 1.29 is 14.3 Å². The molecule has 2 aromatic heterocycles. The van der Waals surface area contributed by atoms with Gasteiger partial charge in [0.2, 0.25) is 0 Å². The molecule has 1 N–H and O–H groups in total. The molecule has 7 heteroatoms. The number of esters is 1. The van der Waals surface area contributed by atoms with Gasteiger partial charge in [0, 0.05) is 30.0 Å². The zero-order chi connectivity index (χ0) is 24.8. The number of anilines is 1. The molecule has 4 rings (SSSR count). The molecule has 1 aliphatic rings. The molecular weight excluding hydrogens is 446 g/mol. The number of rotatable bonds is 4. The third-order valence-corrected chi connectivity index (χ3v) is 6.87. The Hall–Kier alpha value is -3.06. The first-order valence-electron chi connectivity index (χ1n) is 11.5. The SMILES string of the molecule is CC(=O)Oc1c(C)c(C)c2c(c1C)CCC(C)(CC(=S)Nc1ccc3c(C)cc(C)nc3n1)O2. The van der Waals surface area contributed by atoms with Crippen molar-refractivity contribution >= 4 is 40.0 Å². The Morgan fingerprint density at radius 1 is 1.15 bits per heavy atom. The highest BCUT2D eigenvalue weighted by molar-refractivity contribution is 7.80. The lowest BCUT2D eigenvalue weighted by Crippen LogP contribution is -2.40. The second-order valence-corrected chi connectivity index (χ2v) is 10.0. The van der Waals surface area contributed by atoms with Gasteiger partial charge in [0.15, 0.2) is 5.65 Å². The van der Waals surface area contributed by atoms with Gasteiger partial charge in [-0.1, -0.05) is 12.2 Å². The van der Waals surface area contributed by atoms with Crippen molar-refractivity contribution in [2.75, 3.05) is 5.32 Å². The highest BCUT2D eigenvalue weighted by Gasteiger charge is 2.36. The summed E-state index contributed by atoms with van der Waals surface area (Å²) in [5, 5.41) is 4.32. The number of aromatic nitrogens is 2. The van der Waals surface area contributed by atoms with E-state index in [1.165, 1.54) is 6.92 Å². The van der Waals surface area contributed by atoms with Gasteiger partial charge in [-0.25, -0.2) is 9.97 Å². The second-order valence-electron chi connectivity index (χ2n) is 9.53. The second kappa shape index (κ2) is 8.95. The quantitative estimate of drug-likeness (QED) is 0.280. The van der Waals surface area contributed by atoms with E-state index in [0.29, 0.717) is 28.6 Å². The predicted octanol–water partition coefficient (Wildman–Crippen LogP) is 6.01. The number of pyridine rings is 2. The van der Waals surface area contributed by atoms with Gasteiger partial charge in [0.25, 0.3) is 0 Å². The summed E-state index contributed by atoms with van der Waals surface area (Å²) < 4.78 is 12.1. The summed E-state index contributed by atoms with van der Waals surface area (Å²) in [5.74, 6) is 1.89. The first-order chi connectivity index (χ1) is 16.0. The molecule has 1 unspecified atom stereocenters. The van der Waals surface area contributed by atoms with Crippen LogP contribution in [0.4, 0.5) is 5.82 Å². The fraction of sp³-hybridized carbons (Fsp3) is 0.407. The fourth-order valence-corrected chi connectivity index (χ4v) is 5.14. The van der Waals surface area contributed by atoms with Gasteiger partial charge >= 0.3 is 5.97 Å². The summed E-state index contributed by atoms with van der Waals surface area (Å²) in [6.07, 6.45) is 2.19. The Kier molecular flexibility index (Phi) is 6.34. The molecule has 0 saturated heterocycles. The van der Waals surface area contributed by atoms with E-state index in [1.54, 1.807) is 0 Å². The number of ether oxygens (including phenoxy) is 2. The normalized spacial score (nSPS) is 17.1. The van der Waals surface area contributed by atoms with Gasteiger partial charge < -0.3 is 14.8 Å². The first-order valence-corrected chi connectivity index (χ1v) is 11.9. The highest BCUT2D eigenvalue weighted by Crippen LogP contribution is 2.44. The van der Waals surface area contributed by atoms with Crippen LogP contribution in [0.1, 0.15) is 60.2 Å². The van der Waals surface area contributed by atoms with Crippen LogP contribution in [-0.4, -0.2) is 26.5 Å². The number of nitrogens with zero attached hydrogens (tertiary/aromatic N) is 2. The molecule has 0 saturated carbocycles. The Bertz CT molecular complexity index is 1330. The van der Waals surface area contributed by atoms with Crippen LogP contribution >= 0.6 is 12.2 Å². The summed E-state index contributed by atoms with van der Waals surface area (Å²) in [6, 6.07) is 6.02. The summed E-state index contributed by atoms with van der Waals surface area (Å²) >= 11 is 5.71. The number of benzene rings is 1. The molecule has 0 aliphatic carbocycles. The molecule has 1 atom stereocenters. The molecule has 1 aliphatic heterocycles. The third kappa shape index (κ3) is 4.62. The molecule has 0 radical (unpaired) electrons. The van der Waals surface area contributed by atoms with Crippen molar-refractivity contribution in [1.82, 2.24) is 9.97 Å². The molecule has 1 aromatic carbocycles. The average Bonchev–Trinajstić information content (AvgIpc) is 2.74. The number of hydrogen-bond donors (Lipinski definition) is 1. The van der Waals surface area contributed by atoms with Crippen molar-refractivity contribution in [3.63, 3.8) is 0 Å². The first kappa shape index (κ1) is 24.1. The van der Waals surface area contributed by atoms with Crippen molar-refractivity contribution in [3.05, 3.63) is 51.7 Å². The van der Waals surface area contributed by atoms with E-state index in [1.807, 2.05) is 39.8 Å². The van der Waals surface area contributed by atoms with E-state index < -0.39 is 5.60 Å². The number of aryl methyl sites for hydroxylation is 2. The standard InChI is InChI=1S/C27H31N3O3S/c1-14-12-15(2)28-26-20(14)8-9-22(30-26)29-23(34)13-27(7)11-10-21-18(5)24(32-19(6)31)16(3)17(4)25(21)33-27/h8-9,12H,10-11,13H2,1-7H3,(H,28,29,30,34). The molecular formula is C27H31N3O3S. The van der Waals surface area contributed by atoms with Crippen molar-refractivity contribution in [1.29, 1.82) is 0 Å². The average molecular weight is 478 g/mol. The summed E-state index contributed by atoms with van der Waals surface area (Å²) in [6.45, 7) is 13.5. The summed E-state index contributed by atoms with van der Waals surface area (Å²) in [5.41, 5.74) is 6.35. The molecule has 0 amide bonds. The van der Waals surface area contributed by atoms with Crippen molar-refractivity contribution in [2.24, 2.45) is 0 Å². The van der Waals surface area contributed by atoms with Crippen molar-refractivity contribution in [3.8, 4) is 11.5 Å². The van der Waals surface area contributed by atoms with Crippen LogP contribution in [0.15, 0.2) is 18.2 Å². The minimum absolute atomic E-state index is 0.314. The van der Waals surface area contributed by atoms with Crippen LogP contribution in [0.2, 0.25) is 0 Å². The van der Waals surface area contributed by atoms with Gasteiger partial charge in [0.1, 0.15) is 22.9 Å². The van der Waals surface area contributed by atoms with E-state index in [0.717, 1.165) is 57.5 Å². The number of thiocarbonyl (C=S) groups is 1. The maximum absolute atomic E-state index is 11.6. The molecule has 178 valence electrons. The Labute approximate surface area is 206 Å². The fourth-order valence-electron chi connectivity index (χ4n) is 4.73. The zero-order valence-corrected chi connectivity index (χ0v) is 21.7. The predicted molar refractivity (Wildman–Crippen MR) is 139 cm³/mol. The van der Waals surface area contributed by atoms with E-state index in [2.05, 4.69) is 35.2 Å². The number of hydrogen-bond acceptors (Lipinski definition) is 6. The molecule has 34 heavy (non-hydrogen) atoms. The van der Waals surface area contributed by atoms with Gasteiger partial charge in [0.05, 0.1) is 4.99 Å². The lowest BCUT2D eigenvalue weighted by Gasteiger charge is -2.38. The lowest BCUT2D eigenvalue weighted by molar-refractivity contribution is -0.132. The van der Waals surface area contributed by atoms with Gasteiger partial charge in [-0.15, -0.1) is 0 Å². The summed E-state index contributed by atoms with van der Waals surface area (Å²) in [7, 11) is 0. The Morgan fingerprint density at radius 2 is 1.88 bits per heavy atom. The Morgan fingerprint density at radius 3 is 2.59 bits per heavy atom. The topological polar surface area (TPSA) is 73.3 Å². The number of carbonyl (C=O) groups excluding carboxylic acids is 1. The maximum Gasteiger partial charge on any atom is 0.308 e. The van der Waals surface area contributed by atoms with E-state index in [9.17, 15) is 4.79 Å². The van der Waals surface area contributed by atoms with Crippen LogP contribution < -0.4 is 14.8 Å². The zero-order valence-electron chi connectivity index (χ0n) is 20.9. The largest absolute Gasteiger partial charge is 0.487 e. The van der Waals surface area contributed by atoms with Crippen LogP contribution in [0.3, 0.4) is 0 Å².